The van der Waals surface area contributed by atoms with E-state index in [4.69, 9.17) is 0 Å². The molecule has 1 aromatic carbocycles. The smallest absolute Gasteiger partial charge is 0.250 e. The molecule has 1 atom stereocenters. The van der Waals surface area contributed by atoms with Crippen molar-refractivity contribution in [2.24, 2.45) is 4.99 Å². The first-order valence-corrected chi connectivity index (χ1v) is 10.3. The SMILES string of the molecule is CN=C(NCc1ccc(Cn2ccccc2=O)cc1)NCC(C)c1ccsc1. The lowest BCUT2D eigenvalue weighted by atomic mass is 10.1. The molecule has 2 N–H and O–H groups in total. The maximum absolute atomic E-state index is 11.8. The maximum Gasteiger partial charge on any atom is 0.250 e. The molecular formula is C22H26N4OS. The molecule has 3 rings (SSSR count). The summed E-state index contributed by atoms with van der Waals surface area (Å²) in [6, 6.07) is 15.7. The van der Waals surface area contributed by atoms with E-state index >= 15 is 0 Å². The average Bonchev–Trinajstić information content (AvgIpc) is 3.26. The van der Waals surface area contributed by atoms with E-state index in [9.17, 15) is 4.79 Å². The molecule has 0 aliphatic carbocycles. The van der Waals surface area contributed by atoms with Gasteiger partial charge in [-0.05, 0) is 45.5 Å². The van der Waals surface area contributed by atoms with E-state index < -0.39 is 0 Å². The number of hydrogen-bond acceptors (Lipinski definition) is 3. The van der Waals surface area contributed by atoms with Crippen molar-refractivity contribution in [1.82, 2.24) is 15.2 Å². The van der Waals surface area contributed by atoms with Crippen LogP contribution < -0.4 is 16.2 Å². The van der Waals surface area contributed by atoms with E-state index in [2.05, 4.69) is 63.6 Å². The summed E-state index contributed by atoms with van der Waals surface area (Å²) in [5, 5.41) is 11.0. The molecule has 5 nitrogen and oxygen atoms in total. The van der Waals surface area contributed by atoms with Crippen LogP contribution in [0, 0.1) is 0 Å². The van der Waals surface area contributed by atoms with E-state index in [1.54, 1.807) is 35.1 Å². The average molecular weight is 395 g/mol. The zero-order chi connectivity index (χ0) is 19.8. The number of thiophene rings is 1. The van der Waals surface area contributed by atoms with Gasteiger partial charge in [0.05, 0.1) is 6.54 Å². The van der Waals surface area contributed by atoms with Crippen LogP contribution in [0.1, 0.15) is 29.5 Å². The van der Waals surface area contributed by atoms with Crippen LogP contribution in [0.3, 0.4) is 0 Å². The first-order valence-electron chi connectivity index (χ1n) is 9.35. The van der Waals surface area contributed by atoms with Crippen LogP contribution in [-0.2, 0) is 13.1 Å². The molecule has 146 valence electrons. The fraction of sp³-hybridized carbons (Fsp3) is 0.273. The number of pyridine rings is 1. The Morgan fingerprint density at radius 3 is 2.57 bits per heavy atom. The molecule has 3 aromatic rings. The Kier molecular flexibility index (Phi) is 7.03. The van der Waals surface area contributed by atoms with Crippen molar-refractivity contribution in [2.75, 3.05) is 13.6 Å². The summed E-state index contributed by atoms with van der Waals surface area (Å²) < 4.78 is 1.70. The van der Waals surface area contributed by atoms with Gasteiger partial charge >= 0.3 is 0 Å². The van der Waals surface area contributed by atoms with Gasteiger partial charge in [0.2, 0.25) is 0 Å². The highest BCUT2D eigenvalue weighted by Gasteiger charge is 2.07. The molecule has 1 unspecified atom stereocenters. The number of aliphatic imine (C=N–C) groups is 1. The van der Waals surface area contributed by atoms with Crippen LogP contribution in [0.4, 0.5) is 0 Å². The lowest BCUT2D eigenvalue weighted by molar-refractivity contribution is 0.700. The molecular weight excluding hydrogens is 368 g/mol. The zero-order valence-electron chi connectivity index (χ0n) is 16.3. The lowest BCUT2D eigenvalue weighted by Gasteiger charge is -2.15. The minimum atomic E-state index is 0.0137. The van der Waals surface area contributed by atoms with Crippen LogP contribution in [0.2, 0.25) is 0 Å². The second-order valence-electron chi connectivity index (χ2n) is 6.75. The Hall–Kier alpha value is -2.86. The predicted molar refractivity (Wildman–Crippen MR) is 117 cm³/mol. The third-order valence-electron chi connectivity index (χ3n) is 4.65. The van der Waals surface area contributed by atoms with Gasteiger partial charge < -0.3 is 15.2 Å². The fourth-order valence-corrected chi connectivity index (χ4v) is 3.66. The summed E-state index contributed by atoms with van der Waals surface area (Å²) in [7, 11) is 1.78. The molecule has 28 heavy (non-hydrogen) atoms. The molecule has 2 heterocycles. The summed E-state index contributed by atoms with van der Waals surface area (Å²) in [5.74, 6) is 1.23. The molecule has 6 heteroatoms. The topological polar surface area (TPSA) is 58.4 Å². The predicted octanol–water partition coefficient (Wildman–Crippen LogP) is 3.43. The first kappa shape index (κ1) is 19.9. The molecule has 0 amide bonds. The summed E-state index contributed by atoms with van der Waals surface area (Å²) in [5.41, 5.74) is 3.63. The quantitative estimate of drug-likeness (QED) is 0.477. The van der Waals surface area contributed by atoms with E-state index in [0.29, 0.717) is 19.0 Å². The van der Waals surface area contributed by atoms with Gasteiger partial charge in [-0.15, -0.1) is 0 Å². The zero-order valence-corrected chi connectivity index (χ0v) is 17.1. The van der Waals surface area contributed by atoms with Gasteiger partial charge in [-0.25, -0.2) is 0 Å². The van der Waals surface area contributed by atoms with Crippen LogP contribution in [0.25, 0.3) is 0 Å². The summed E-state index contributed by atoms with van der Waals surface area (Å²) in [4.78, 5) is 16.1. The number of nitrogens with zero attached hydrogens (tertiary/aromatic N) is 2. The van der Waals surface area contributed by atoms with Gasteiger partial charge in [-0.3, -0.25) is 9.79 Å². The van der Waals surface area contributed by atoms with E-state index in [0.717, 1.165) is 23.6 Å². The van der Waals surface area contributed by atoms with Gasteiger partial charge in [0.15, 0.2) is 5.96 Å². The molecule has 0 fully saturated rings. The molecule has 0 aliphatic heterocycles. The normalized spacial score (nSPS) is 12.6. The van der Waals surface area contributed by atoms with Crippen molar-refractivity contribution in [3.8, 4) is 0 Å². The monoisotopic (exact) mass is 394 g/mol. The van der Waals surface area contributed by atoms with Crippen molar-refractivity contribution in [1.29, 1.82) is 0 Å². The third kappa shape index (κ3) is 5.57. The largest absolute Gasteiger partial charge is 0.356 e. The number of aromatic nitrogens is 1. The van der Waals surface area contributed by atoms with Gasteiger partial charge in [-0.2, -0.15) is 11.3 Å². The summed E-state index contributed by atoms with van der Waals surface area (Å²) in [6.45, 7) is 4.31. The van der Waals surface area contributed by atoms with Crippen molar-refractivity contribution >= 4 is 17.3 Å². The minimum Gasteiger partial charge on any atom is -0.356 e. The molecule has 0 bridgehead atoms. The molecule has 0 saturated heterocycles. The van der Waals surface area contributed by atoms with E-state index in [-0.39, 0.29) is 5.56 Å². The Labute approximate surface area is 169 Å². The van der Waals surface area contributed by atoms with Gasteiger partial charge in [0.25, 0.3) is 5.56 Å². The van der Waals surface area contributed by atoms with Crippen molar-refractivity contribution in [3.63, 3.8) is 0 Å². The number of guanidine groups is 1. The standard InChI is InChI=1S/C22H26N4OS/c1-17(20-10-12-28-16-20)13-24-22(23-2)25-14-18-6-8-19(9-7-18)15-26-11-4-3-5-21(26)27/h3-12,16-17H,13-15H2,1-2H3,(H2,23,24,25). The number of benzene rings is 1. The molecule has 0 aliphatic rings. The van der Waals surface area contributed by atoms with Gasteiger partial charge in [-0.1, -0.05) is 37.3 Å². The number of hydrogen-bond donors (Lipinski definition) is 2. The van der Waals surface area contributed by atoms with E-state index in [1.165, 1.54) is 5.56 Å². The molecule has 0 saturated carbocycles. The Bertz CT molecular complexity index is 945. The highest BCUT2D eigenvalue weighted by Crippen LogP contribution is 2.17. The van der Waals surface area contributed by atoms with Crippen LogP contribution in [0.5, 0.6) is 0 Å². The lowest BCUT2D eigenvalue weighted by Crippen LogP contribution is -2.38. The molecule has 2 aromatic heterocycles. The van der Waals surface area contributed by atoms with Crippen LogP contribution in [-0.4, -0.2) is 24.1 Å². The van der Waals surface area contributed by atoms with Crippen molar-refractivity contribution in [3.05, 3.63) is 92.5 Å². The second-order valence-corrected chi connectivity index (χ2v) is 7.53. The molecule has 0 radical (unpaired) electrons. The third-order valence-corrected chi connectivity index (χ3v) is 5.35. The Balaban J connectivity index is 1.49. The highest BCUT2D eigenvalue weighted by molar-refractivity contribution is 7.07. The minimum absolute atomic E-state index is 0.0137. The first-order chi connectivity index (χ1) is 13.7. The number of rotatable bonds is 7. The van der Waals surface area contributed by atoms with Gasteiger partial charge in [0.1, 0.15) is 0 Å². The fourth-order valence-electron chi connectivity index (χ4n) is 2.88. The summed E-state index contributed by atoms with van der Waals surface area (Å²) >= 11 is 1.73. The van der Waals surface area contributed by atoms with Crippen molar-refractivity contribution < 1.29 is 0 Å². The van der Waals surface area contributed by atoms with Crippen LogP contribution >= 0.6 is 11.3 Å². The highest BCUT2D eigenvalue weighted by atomic mass is 32.1. The van der Waals surface area contributed by atoms with E-state index in [1.807, 2.05) is 12.3 Å². The van der Waals surface area contributed by atoms with Crippen LogP contribution in [0.15, 0.2) is 75.3 Å². The second kappa shape index (κ2) is 9.90. The molecule has 0 spiro atoms. The maximum atomic E-state index is 11.8. The van der Waals surface area contributed by atoms with Gasteiger partial charge in [0, 0.05) is 32.4 Å². The van der Waals surface area contributed by atoms with Crippen molar-refractivity contribution in [2.45, 2.75) is 25.9 Å². The Morgan fingerprint density at radius 2 is 1.89 bits per heavy atom. The Morgan fingerprint density at radius 1 is 1.11 bits per heavy atom. The summed E-state index contributed by atoms with van der Waals surface area (Å²) in [6.07, 6.45) is 1.81. The number of nitrogens with one attached hydrogen (secondary N) is 2.